The van der Waals surface area contributed by atoms with Crippen molar-refractivity contribution < 1.29 is 37.8 Å². The molecule has 1 saturated carbocycles. The van der Waals surface area contributed by atoms with E-state index >= 15 is 0 Å². The lowest BCUT2D eigenvalue weighted by Gasteiger charge is -2.03. The van der Waals surface area contributed by atoms with Gasteiger partial charge in [0.05, 0.1) is 10.8 Å². The van der Waals surface area contributed by atoms with Gasteiger partial charge in [-0.3, -0.25) is 26.4 Å². The number of hydrogen-bond acceptors (Lipinski definition) is 5. The van der Waals surface area contributed by atoms with E-state index in [4.69, 9.17) is 21.4 Å². The van der Waals surface area contributed by atoms with Crippen LogP contribution in [0.3, 0.4) is 0 Å². The second-order valence-electron chi connectivity index (χ2n) is 5.03. The molecule has 136 valence electrons. The molecule has 1 aromatic rings. The number of aliphatic carboxylic acids is 1. The largest absolute Gasteiger partial charge is 0.542 e. The lowest BCUT2D eigenvalue weighted by molar-refractivity contribution is -0.384. The number of rotatable bonds is 3. The van der Waals surface area contributed by atoms with E-state index in [1.54, 1.807) is 12.1 Å². The van der Waals surface area contributed by atoms with Gasteiger partial charge in [-0.1, -0.05) is 12.1 Å². The number of carbonyl (C=O) groups is 2. The van der Waals surface area contributed by atoms with E-state index in [9.17, 15) is 28.1 Å². The molecule has 2 atom stereocenters. The van der Waals surface area contributed by atoms with Gasteiger partial charge in [-0.05, 0) is 17.9 Å². The highest BCUT2D eigenvalue weighted by atomic mass is 19.4. The number of amides is 1. The molecule has 1 aliphatic carbocycles. The molecule has 9 nitrogen and oxygen atoms in total. The summed E-state index contributed by atoms with van der Waals surface area (Å²) in [6, 6.07) is 6.22. The van der Waals surface area contributed by atoms with Gasteiger partial charge >= 0.3 is 12.1 Å². The normalized spacial score (nSPS) is 18.4. The quantitative estimate of drug-likeness (QED) is 0.239. The molecule has 0 aromatic heterocycles. The number of nitrogens with two attached hydrogens (primary N) is 2. The van der Waals surface area contributed by atoms with Gasteiger partial charge in [-0.25, -0.2) is 4.99 Å². The van der Waals surface area contributed by atoms with Crippen molar-refractivity contribution in [2.24, 2.45) is 17.4 Å². The Labute approximate surface area is 138 Å². The van der Waals surface area contributed by atoms with Gasteiger partial charge in [0.25, 0.3) is 11.6 Å². The monoisotopic (exact) mass is 362 g/mol. The first-order chi connectivity index (χ1) is 11.4. The molecule has 2 rings (SSSR count). The summed E-state index contributed by atoms with van der Waals surface area (Å²) in [7, 11) is 0. The van der Waals surface area contributed by atoms with Crippen LogP contribution in [0.4, 0.5) is 18.9 Å². The Balaban J connectivity index is 0.000000381. The lowest BCUT2D eigenvalue weighted by atomic mass is 10.1. The van der Waals surface area contributed by atoms with Gasteiger partial charge in [0.15, 0.2) is 0 Å². The van der Waals surface area contributed by atoms with E-state index in [1.165, 1.54) is 12.1 Å². The molecule has 0 saturated heterocycles. The van der Waals surface area contributed by atoms with Crippen LogP contribution >= 0.6 is 0 Å². The van der Waals surface area contributed by atoms with Gasteiger partial charge < -0.3 is 9.90 Å². The van der Waals surface area contributed by atoms with Gasteiger partial charge in [0, 0.05) is 12.1 Å². The number of halogens is 3. The number of guanidine groups is 1. The minimum atomic E-state index is -5.19. The molecule has 1 aliphatic rings. The van der Waals surface area contributed by atoms with Crippen LogP contribution in [0.25, 0.3) is 0 Å². The number of benzene rings is 1. The van der Waals surface area contributed by atoms with E-state index in [0.29, 0.717) is 6.42 Å². The standard InChI is InChI=1S/C11H12N4O3.C2HF3O2/c12-11(13)14-10(16)9-5-8(9)6-1-3-7(4-2-6)15(17)18;3-2(4,5)1(6)7/h1-4,8-9H,5H2,(H4,12,13,14,16);(H,6,7)/t8-,9+;/m1./s1. The van der Waals surface area contributed by atoms with Crippen LogP contribution in [0.1, 0.15) is 17.9 Å². The molecule has 5 N–H and O–H groups in total. The van der Waals surface area contributed by atoms with Crippen LogP contribution in [0.15, 0.2) is 24.3 Å². The lowest BCUT2D eigenvalue weighted by Crippen LogP contribution is -2.82. The molecule has 0 bridgehead atoms. The van der Waals surface area contributed by atoms with Crippen molar-refractivity contribution in [1.29, 1.82) is 0 Å². The number of nitro benzene ring substituents is 1. The van der Waals surface area contributed by atoms with Crippen molar-refractivity contribution in [3.63, 3.8) is 0 Å². The Bertz CT molecular complexity index is 699. The summed E-state index contributed by atoms with van der Waals surface area (Å²) in [4.78, 5) is 32.8. The fourth-order valence-corrected chi connectivity index (χ4v) is 1.93. The maximum atomic E-state index is 11.6. The van der Waals surface area contributed by atoms with Crippen molar-refractivity contribution in [1.82, 2.24) is 0 Å². The van der Waals surface area contributed by atoms with E-state index < -0.39 is 17.1 Å². The summed E-state index contributed by atoms with van der Waals surface area (Å²) >= 11 is 0. The predicted octanol–water partition coefficient (Wildman–Crippen LogP) is -2.12. The Morgan fingerprint density at radius 1 is 1.20 bits per heavy atom. The number of nitro groups is 1. The summed E-state index contributed by atoms with van der Waals surface area (Å²) in [5.74, 6) is -3.40. The van der Waals surface area contributed by atoms with Crippen molar-refractivity contribution in [2.45, 2.75) is 18.5 Å². The van der Waals surface area contributed by atoms with Crippen LogP contribution in [-0.2, 0) is 9.59 Å². The predicted molar refractivity (Wildman–Crippen MR) is 74.4 cm³/mol. The third kappa shape index (κ3) is 6.08. The molecule has 0 heterocycles. The van der Waals surface area contributed by atoms with E-state index in [0.717, 1.165) is 5.56 Å². The van der Waals surface area contributed by atoms with Gasteiger partial charge in [-0.15, -0.1) is 0 Å². The summed E-state index contributed by atoms with van der Waals surface area (Å²) in [5.41, 5.74) is 11.3. The highest BCUT2D eigenvalue weighted by molar-refractivity contribution is 5.81. The van der Waals surface area contributed by atoms with Gasteiger partial charge in [0.2, 0.25) is 0 Å². The van der Waals surface area contributed by atoms with Crippen molar-refractivity contribution in [3.05, 3.63) is 39.9 Å². The first kappa shape index (κ1) is 19.9. The van der Waals surface area contributed by atoms with Crippen LogP contribution in [-0.4, -0.2) is 28.9 Å². The first-order valence-corrected chi connectivity index (χ1v) is 6.64. The topological polar surface area (TPSA) is 166 Å². The van der Waals surface area contributed by atoms with Crippen molar-refractivity contribution in [3.8, 4) is 0 Å². The Hall–Kier alpha value is -3.18. The zero-order chi connectivity index (χ0) is 19.4. The number of carbonyl (C=O) groups excluding carboxylic acids is 2. The third-order valence-corrected chi connectivity index (χ3v) is 3.16. The number of carboxylic acid groups (broad SMARTS) is 1. The fourth-order valence-electron chi connectivity index (χ4n) is 1.93. The average Bonchev–Trinajstić information content (AvgIpc) is 3.26. The number of hydrogen-bond donors (Lipinski definition) is 3. The highest BCUT2D eigenvalue weighted by Crippen LogP contribution is 2.47. The van der Waals surface area contributed by atoms with E-state index in [2.05, 4.69) is 4.99 Å². The number of carboxylic acids is 1. The second-order valence-corrected chi connectivity index (χ2v) is 5.03. The Kier molecular flexibility index (Phi) is 6.03. The second kappa shape index (κ2) is 7.59. The minimum absolute atomic E-state index is 0.0416. The molecule has 12 heteroatoms. The van der Waals surface area contributed by atoms with Crippen LogP contribution < -0.4 is 21.6 Å². The fraction of sp³-hybridized carbons (Fsp3) is 0.308. The number of non-ortho nitro benzene ring substituents is 1. The van der Waals surface area contributed by atoms with Gasteiger partial charge in [0.1, 0.15) is 5.97 Å². The number of nitrogens with one attached hydrogen (secondary N) is 1. The molecule has 1 fully saturated rings. The summed E-state index contributed by atoms with van der Waals surface area (Å²) in [6.07, 6.45) is -4.49. The maximum Gasteiger partial charge on any atom is 0.430 e. The SMILES string of the molecule is NC(N)=[NH+]C(=O)[C@H]1C[C@@H]1c1ccc([N+](=O)[O-])cc1.O=C([O-])C(F)(F)F. The highest BCUT2D eigenvalue weighted by Gasteiger charge is 2.44. The molecular formula is C13H13F3N4O5. The molecule has 1 amide bonds. The molecular weight excluding hydrogens is 349 g/mol. The van der Waals surface area contributed by atoms with E-state index in [1.807, 2.05) is 0 Å². The van der Waals surface area contributed by atoms with Crippen molar-refractivity contribution >= 4 is 23.5 Å². The third-order valence-electron chi connectivity index (χ3n) is 3.16. The zero-order valence-corrected chi connectivity index (χ0v) is 12.4. The summed E-state index contributed by atoms with van der Waals surface area (Å²) in [5, 5.41) is 19.3. The van der Waals surface area contributed by atoms with Crippen LogP contribution in [0, 0.1) is 16.0 Å². The summed E-state index contributed by atoms with van der Waals surface area (Å²) in [6.45, 7) is 0. The zero-order valence-electron chi connectivity index (χ0n) is 12.4. The van der Waals surface area contributed by atoms with Crippen LogP contribution in [0.5, 0.6) is 0 Å². The van der Waals surface area contributed by atoms with E-state index in [-0.39, 0.29) is 29.4 Å². The maximum absolute atomic E-state index is 11.6. The minimum Gasteiger partial charge on any atom is -0.542 e. The van der Waals surface area contributed by atoms with Crippen LogP contribution in [0.2, 0.25) is 0 Å². The van der Waals surface area contributed by atoms with Gasteiger partial charge in [-0.2, -0.15) is 13.2 Å². The number of alkyl halides is 3. The Morgan fingerprint density at radius 2 is 1.68 bits per heavy atom. The first-order valence-electron chi connectivity index (χ1n) is 6.64. The molecule has 0 radical (unpaired) electrons. The molecule has 0 spiro atoms. The smallest absolute Gasteiger partial charge is 0.430 e. The molecule has 1 aromatic carbocycles. The number of nitrogens with zero attached hydrogens (tertiary/aromatic N) is 1. The van der Waals surface area contributed by atoms with Crippen molar-refractivity contribution in [2.75, 3.05) is 0 Å². The molecule has 25 heavy (non-hydrogen) atoms. The Morgan fingerprint density at radius 3 is 2.04 bits per heavy atom. The average molecular weight is 362 g/mol. The summed E-state index contributed by atoms with van der Waals surface area (Å²) < 4.78 is 31.5. The molecule has 0 unspecified atom stereocenters. The molecule has 0 aliphatic heterocycles.